The molecule has 2 unspecified atom stereocenters. The van der Waals surface area contributed by atoms with Gasteiger partial charge in [-0.2, -0.15) is 0 Å². The van der Waals surface area contributed by atoms with Gasteiger partial charge in [-0.25, -0.2) is 0 Å². The lowest BCUT2D eigenvalue weighted by molar-refractivity contribution is -0.128. The predicted molar refractivity (Wildman–Crippen MR) is 87.2 cm³/mol. The summed E-state index contributed by atoms with van der Waals surface area (Å²) >= 11 is 0. The number of hydrogen-bond acceptors (Lipinski definition) is 2. The van der Waals surface area contributed by atoms with Gasteiger partial charge in [0.25, 0.3) is 0 Å². The predicted octanol–water partition coefficient (Wildman–Crippen LogP) is 2.90. The van der Waals surface area contributed by atoms with Crippen LogP contribution in [0.1, 0.15) is 45.6 Å². The Bertz CT molecular complexity index is 456. The first kappa shape index (κ1) is 16.0. The highest BCUT2D eigenvalue weighted by Gasteiger charge is 2.30. The molecule has 0 radical (unpaired) electrons. The normalized spacial score (nSPS) is 22.8. The number of nitrogens with one attached hydrogen (secondary N) is 2. The van der Waals surface area contributed by atoms with Gasteiger partial charge in [-0.05, 0) is 58.6 Å². The molecule has 1 saturated heterocycles. The molecule has 1 amide bonds. The van der Waals surface area contributed by atoms with Crippen molar-refractivity contribution in [2.24, 2.45) is 5.92 Å². The summed E-state index contributed by atoms with van der Waals surface area (Å²) in [5.74, 6) is 0.308. The summed E-state index contributed by atoms with van der Waals surface area (Å²) in [5, 5.41) is 6.64. The second-order valence-corrected chi connectivity index (χ2v) is 6.85. The van der Waals surface area contributed by atoms with E-state index in [0.29, 0.717) is 0 Å². The lowest BCUT2D eigenvalue weighted by Crippen LogP contribution is -2.52. The van der Waals surface area contributed by atoms with Crippen molar-refractivity contribution >= 4 is 5.91 Å². The highest BCUT2D eigenvalue weighted by atomic mass is 16.2. The van der Waals surface area contributed by atoms with E-state index in [1.165, 1.54) is 5.56 Å². The summed E-state index contributed by atoms with van der Waals surface area (Å²) in [6.07, 6.45) is 4.03. The Labute approximate surface area is 128 Å². The maximum Gasteiger partial charge on any atom is 0.225 e. The van der Waals surface area contributed by atoms with E-state index in [-0.39, 0.29) is 23.4 Å². The molecule has 1 heterocycles. The molecule has 1 aliphatic heterocycles. The molecule has 2 rings (SSSR count). The first-order valence-electron chi connectivity index (χ1n) is 8.07. The zero-order valence-corrected chi connectivity index (χ0v) is 13.5. The molecule has 21 heavy (non-hydrogen) atoms. The molecule has 1 aromatic rings. The molecular formula is C18H28N2O. The SMILES string of the molecule is CC1NCCCC1C(=O)NC(C)(C)CCc1ccccc1. The van der Waals surface area contributed by atoms with Crippen LogP contribution < -0.4 is 10.6 Å². The second-order valence-electron chi connectivity index (χ2n) is 6.85. The van der Waals surface area contributed by atoms with Gasteiger partial charge in [-0.3, -0.25) is 4.79 Å². The van der Waals surface area contributed by atoms with Crippen molar-refractivity contribution in [2.45, 2.75) is 58.0 Å². The van der Waals surface area contributed by atoms with E-state index >= 15 is 0 Å². The van der Waals surface area contributed by atoms with Crippen LogP contribution in [0.25, 0.3) is 0 Å². The van der Waals surface area contributed by atoms with Crippen molar-refractivity contribution < 1.29 is 4.79 Å². The van der Waals surface area contributed by atoms with Crippen LogP contribution in [-0.2, 0) is 11.2 Å². The minimum Gasteiger partial charge on any atom is -0.351 e. The zero-order chi connectivity index (χ0) is 15.3. The van der Waals surface area contributed by atoms with Crippen LogP contribution in [0.3, 0.4) is 0 Å². The van der Waals surface area contributed by atoms with Crippen molar-refractivity contribution in [1.29, 1.82) is 0 Å². The molecule has 1 aromatic carbocycles. The molecule has 2 N–H and O–H groups in total. The third kappa shape index (κ3) is 4.85. The summed E-state index contributed by atoms with van der Waals surface area (Å²) in [7, 11) is 0. The van der Waals surface area contributed by atoms with Crippen molar-refractivity contribution in [3.8, 4) is 0 Å². The topological polar surface area (TPSA) is 41.1 Å². The van der Waals surface area contributed by atoms with E-state index in [1.807, 2.05) is 6.07 Å². The monoisotopic (exact) mass is 288 g/mol. The molecule has 0 bridgehead atoms. The largest absolute Gasteiger partial charge is 0.351 e. The fourth-order valence-corrected chi connectivity index (χ4v) is 2.99. The standard InChI is InChI=1S/C18H28N2O/c1-14-16(10-7-13-19-14)17(21)20-18(2,3)12-11-15-8-5-4-6-9-15/h4-6,8-9,14,16,19H,7,10-13H2,1-3H3,(H,20,21). The van der Waals surface area contributed by atoms with Gasteiger partial charge in [-0.15, -0.1) is 0 Å². The molecule has 3 nitrogen and oxygen atoms in total. The minimum atomic E-state index is -0.163. The Morgan fingerprint density at radius 2 is 2.05 bits per heavy atom. The summed E-state index contributed by atoms with van der Waals surface area (Å²) in [6.45, 7) is 7.38. The summed E-state index contributed by atoms with van der Waals surface area (Å²) in [6, 6.07) is 10.7. The van der Waals surface area contributed by atoms with Gasteiger partial charge >= 0.3 is 0 Å². The van der Waals surface area contributed by atoms with Crippen LogP contribution in [0.2, 0.25) is 0 Å². The first-order chi connectivity index (χ1) is 9.98. The van der Waals surface area contributed by atoms with Crippen LogP contribution in [0.4, 0.5) is 0 Å². The van der Waals surface area contributed by atoms with Crippen LogP contribution in [0.5, 0.6) is 0 Å². The molecular weight excluding hydrogens is 260 g/mol. The maximum atomic E-state index is 12.5. The fraction of sp³-hybridized carbons (Fsp3) is 0.611. The van der Waals surface area contributed by atoms with E-state index in [9.17, 15) is 4.79 Å². The van der Waals surface area contributed by atoms with Gasteiger partial charge in [0.2, 0.25) is 5.91 Å². The van der Waals surface area contributed by atoms with Crippen molar-refractivity contribution in [2.75, 3.05) is 6.54 Å². The Balaban J connectivity index is 1.86. The van der Waals surface area contributed by atoms with Gasteiger partial charge in [-0.1, -0.05) is 30.3 Å². The first-order valence-corrected chi connectivity index (χ1v) is 8.07. The Morgan fingerprint density at radius 1 is 1.33 bits per heavy atom. The average Bonchev–Trinajstić information content (AvgIpc) is 2.46. The molecule has 0 aliphatic carbocycles. The maximum absolute atomic E-state index is 12.5. The number of piperidine rings is 1. The third-order valence-electron chi connectivity index (χ3n) is 4.44. The fourth-order valence-electron chi connectivity index (χ4n) is 2.99. The van der Waals surface area contributed by atoms with Gasteiger partial charge in [0.15, 0.2) is 0 Å². The van der Waals surface area contributed by atoms with E-state index < -0.39 is 0 Å². The van der Waals surface area contributed by atoms with Gasteiger partial charge in [0.05, 0.1) is 5.92 Å². The van der Waals surface area contributed by atoms with Crippen LogP contribution in [-0.4, -0.2) is 24.0 Å². The van der Waals surface area contributed by atoms with Gasteiger partial charge < -0.3 is 10.6 Å². The number of amides is 1. The van der Waals surface area contributed by atoms with Gasteiger partial charge in [0, 0.05) is 11.6 Å². The van der Waals surface area contributed by atoms with E-state index in [2.05, 4.69) is 55.7 Å². The highest BCUT2D eigenvalue weighted by molar-refractivity contribution is 5.80. The molecule has 1 aliphatic rings. The number of benzene rings is 1. The molecule has 0 spiro atoms. The van der Waals surface area contributed by atoms with E-state index in [0.717, 1.165) is 32.2 Å². The minimum absolute atomic E-state index is 0.106. The molecule has 2 atom stereocenters. The average molecular weight is 288 g/mol. The van der Waals surface area contributed by atoms with Crippen molar-refractivity contribution in [3.63, 3.8) is 0 Å². The number of aryl methyl sites for hydroxylation is 1. The Hall–Kier alpha value is -1.35. The summed E-state index contributed by atoms with van der Waals surface area (Å²) < 4.78 is 0. The number of carbonyl (C=O) groups is 1. The van der Waals surface area contributed by atoms with Crippen LogP contribution >= 0.6 is 0 Å². The molecule has 116 valence electrons. The lowest BCUT2D eigenvalue weighted by atomic mass is 9.89. The highest BCUT2D eigenvalue weighted by Crippen LogP contribution is 2.19. The summed E-state index contributed by atoms with van der Waals surface area (Å²) in [4.78, 5) is 12.5. The van der Waals surface area contributed by atoms with E-state index in [1.54, 1.807) is 0 Å². The summed E-state index contributed by atoms with van der Waals surface area (Å²) in [5.41, 5.74) is 1.16. The van der Waals surface area contributed by atoms with Gasteiger partial charge in [0.1, 0.15) is 0 Å². The van der Waals surface area contributed by atoms with Crippen LogP contribution in [0, 0.1) is 5.92 Å². The Morgan fingerprint density at radius 3 is 2.71 bits per heavy atom. The third-order valence-corrected chi connectivity index (χ3v) is 4.44. The quantitative estimate of drug-likeness (QED) is 0.874. The molecule has 0 aromatic heterocycles. The molecule has 0 saturated carbocycles. The Kier molecular flexibility index (Phi) is 5.40. The number of rotatable bonds is 5. The number of hydrogen-bond donors (Lipinski definition) is 2. The lowest BCUT2D eigenvalue weighted by Gasteiger charge is -2.33. The zero-order valence-electron chi connectivity index (χ0n) is 13.5. The van der Waals surface area contributed by atoms with Crippen molar-refractivity contribution in [3.05, 3.63) is 35.9 Å². The molecule has 3 heteroatoms. The van der Waals surface area contributed by atoms with Crippen LogP contribution in [0.15, 0.2) is 30.3 Å². The number of carbonyl (C=O) groups excluding carboxylic acids is 1. The van der Waals surface area contributed by atoms with E-state index in [4.69, 9.17) is 0 Å². The van der Waals surface area contributed by atoms with Crippen molar-refractivity contribution in [1.82, 2.24) is 10.6 Å². The molecule has 1 fully saturated rings. The smallest absolute Gasteiger partial charge is 0.225 e. The second kappa shape index (κ2) is 7.08.